The van der Waals surface area contributed by atoms with E-state index in [1.807, 2.05) is 6.07 Å². The lowest BCUT2D eigenvalue weighted by Gasteiger charge is -2.18. The zero-order valence-electron chi connectivity index (χ0n) is 17.1. The minimum atomic E-state index is -5.08. The fourth-order valence-electron chi connectivity index (χ4n) is 2.71. The van der Waals surface area contributed by atoms with E-state index in [1.165, 1.54) is 29.1 Å². The summed E-state index contributed by atoms with van der Waals surface area (Å²) in [7, 11) is 0. The molecule has 1 aliphatic carbocycles. The first-order chi connectivity index (χ1) is 14.9. The number of halogens is 3. The Morgan fingerprint density at radius 1 is 1.22 bits per heavy atom. The third kappa shape index (κ3) is 8.63. The number of primary amides is 1. The van der Waals surface area contributed by atoms with E-state index in [4.69, 9.17) is 26.5 Å². The lowest BCUT2D eigenvalue weighted by molar-refractivity contribution is -0.192. The molecule has 32 heavy (non-hydrogen) atoms. The van der Waals surface area contributed by atoms with E-state index in [0.717, 1.165) is 24.5 Å². The minimum Gasteiger partial charge on any atom is -0.480 e. The average molecular weight is 475 g/mol. The Kier molecular flexibility index (Phi) is 10.3. The van der Waals surface area contributed by atoms with Gasteiger partial charge in [-0.2, -0.15) is 13.2 Å². The molecule has 0 bridgehead atoms. The van der Waals surface area contributed by atoms with Gasteiger partial charge in [0.2, 0.25) is 0 Å². The lowest BCUT2D eigenvalue weighted by atomic mass is 9.89. The number of carbonyl (C=O) groups is 3. The molecule has 2 atom stereocenters. The number of carboxylic acids is 2. The molecular weight excluding hydrogens is 451 g/mol. The van der Waals surface area contributed by atoms with E-state index in [0.29, 0.717) is 10.6 Å². The number of aromatic nitrogens is 1. The second-order valence-corrected chi connectivity index (χ2v) is 7.88. The van der Waals surface area contributed by atoms with Gasteiger partial charge in [-0.3, -0.25) is 9.59 Å². The van der Waals surface area contributed by atoms with Gasteiger partial charge in [0.25, 0.3) is 5.91 Å². The van der Waals surface area contributed by atoms with Crippen molar-refractivity contribution in [1.82, 2.24) is 4.98 Å². The molecule has 1 unspecified atom stereocenters. The number of fused-ring (bicyclic) bond motifs is 1. The number of aliphatic carboxylic acids is 2. The maximum absolute atomic E-state index is 10.9. The summed E-state index contributed by atoms with van der Waals surface area (Å²) in [6.07, 6.45) is -0.568. The van der Waals surface area contributed by atoms with Crippen LogP contribution in [0.4, 0.5) is 13.2 Å². The van der Waals surface area contributed by atoms with Crippen LogP contribution in [0.1, 0.15) is 51.7 Å². The van der Waals surface area contributed by atoms with Gasteiger partial charge in [0, 0.05) is 4.88 Å². The fraction of sp³-hybridized carbons (Fsp3) is 0.400. The smallest absolute Gasteiger partial charge is 0.480 e. The van der Waals surface area contributed by atoms with Crippen LogP contribution in [0.15, 0.2) is 30.3 Å². The zero-order chi connectivity index (χ0) is 24.5. The number of aryl methyl sites for hydroxylation is 1. The maximum Gasteiger partial charge on any atom is 0.490 e. The summed E-state index contributed by atoms with van der Waals surface area (Å²) in [6, 6.07) is 7.82. The van der Waals surface area contributed by atoms with Crippen molar-refractivity contribution in [3.05, 3.63) is 51.5 Å². The monoisotopic (exact) mass is 475 g/mol. The van der Waals surface area contributed by atoms with Crippen molar-refractivity contribution in [2.45, 2.75) is 44.8 Å². The number of nitrogens with two attached hydrogens (primary N) is 2. The molecule has 0 saturated carbocycles. The molecule has 1 aromatic carbocycles. The Hall–Kier alpha value is -2.99. The van der Waals surface area contributed by atoms with Gasteiger partial charge < -0.3 is 21.7 Å². The van der Waals surface area contributed by atoms with Gasteiger partial charge in [-0.05, 0) is 30.7 Å². The lowest BCUT2D eigenvalue weighted by Crippen LogP contribution is -2.21. The summed E-state index contributed by atoms with van der Waals surface area (Å²) in [5.74, 6) is -3.41. The number of thiazole rings is 1. The van der Waals surface area contributed by atoms with E-state index in [2.05, 4.69) is 11.9 Å². The Morgan fingerprint density at radius 3 is 2.22 bits per heavy atom. The molecule has 176 valence electrons. The van der Waals surface area contributed by atoms with Gasteiger partial charge in [-0.15, -0.1) is 11.3 Å². The summed E-state index contributed by atoms with van der Waals surface area (Å²) in [4.78, 5) is 35.8. The summed E-state index contributed by atoms with van der Waals surface area (Å²) >= 11 is 1.47. The molecule has 0 spiro atoms. The number of alkyl halides is 3. The second-order valence-electron chi connectivity index (χ2n) is 6.80. The van der Waals surface area contributed by atoms with Gasteiger partial charge in [0.15, 0.2) is 5.01 Å². The molecule has 2 aromatic rings. The van der Waals surface area contributed by atoms with Crippen LogP contribution in [0.3, 0.4) is 0 Å². The topological polar surface area (TPSA) is 157 Å². The third-order valence-corrected chi connectivity index (χ3v) is 5.67. The first kappa shape index (κ1) is 27.0. The number of hydrogen-bond donors (Lipinski definition) is 4. The van der Waals surface area contributed by atoms with Crippen molar-refractivity contribution in [3.8, 4) is 0 Å². The first-order valence-electron chi connectivity index (χ1n) is 9.48. The summed E-state index contributed by atoms with van der Waals surface area (Å²) in [5, 5.41) is 16.1. The molecule has 1 aromatic heterocycles. The fourth-order valence-corrected chi connectivity index (χ4v) is 3.66. The van der Waals surface area contributed by atoms with Crippen LogP contribution in [0, 0.1) is 5.92 Å². The Morgan fingerprint density at radius 2 is 1.78 bits per heavy atom. The van der Waals surface area contributed by atoms with Gasteiger partial charge in [0.05, 0.1) is 5.69 Å². The number of carbonyl (C=O) groups excluding carboxylic acids is 1. The number of benzene rings is 1. The van der Waals surface area contributed by atoms with Crippen LogP contribution >= 0.6 is 11.3 Å². The molecule has 1 aliphatic rings. The minimum absolute atomic E-state index is 0.391. The van der Waals surface area contributed by atoms with Crippen molar-refractivity contribution < 1.29 is 37.8 Å². The van der Waals surface area contributed by atoms with Crippen LogP contribution in [0.2, 0.25) is 0 Å². The Bertz CT molecular complexity index is 919. The number of carboxylic acid groups (broad SMARTS) is 2. The van der Waals surface area contributed by atoms with Crippen molar-refractivity contribution in [2.24, 2.45) is 17.4 Å². The van der Waals surface area contributed by atoms with Gasteiger partial charge in [-0.1, -0.05) is 43.7 Å². The quantitative estimate of drug-likeness (QED) is 0.529. The number of amides is 1. The van der Waals surface area contributed by atoms with Gasteiger partial charge >= 0.3 is 18.1 Å². The normalized spacial score (nSPS) is 15.7. The van der Waals surface area contributed by atoms with Crippen LogP contribution in [0.25, 0.3) is 0 Å². The zero-order valence-corrected chi connectivity index (χ0v) is 17.9. The third-order valence-electron chi connectivity index (χ3n) is 4.50. The highest BCUT2D eigenvalue weighted by Crippen LogP contribution is 2.30. The van der Waals surface area contributed by atoms with Gasteiger partial charge in [0.1, 0.15) is 6.04 Å². The van der Waals surface area contributed by atoms with Gasteiger partial charge in [-0.25, -0.2) is 9.78 Å². The average Bonchev–Trinajstić information content (AvgIpc) is 3.17. The highest BCUT2D eigenvalue weighted by Gasteiger charge is 2.38. The molecule has 1 heterocycles. The molecule has 3 rings (SSSR count). The second kappa shape index (κ2) is 12.2. The predicted octanol–water partition coefficient (Wildman–Crippen LogP) is 3.16. The van der Waals surface area contributed by atoms with Crippen LogP contribution < -0.4 is 11.5 Å². The van der Waals surface area contributed by atoms with Crippen molar-refractivity contribution in [2.75, 3.05) is 0 Å². The van der Waals surface area contributed by atoms with Crippen molar-refractivity contribution in [1.29, 1.82) is 0 Å². The highest BCUT2D eigenvalue weighted by molar-refractivity contribution is 7.13. The van der Waals surface area contributed by atoms with Crippen molar-refractivity contribution in [3.63, 3.8) is 0 Å². The number of nitrogens with zero attached hydrogens (tertiary/aromatic N) is 1. The van der Waals surface area contributed by atoms with E-state index in [1.54, 1.807) is 24.3 Å². The molecular formula is C20H24F3N3O5S. The summed E-state index contributed by atoms with van der Waals surface area (Å²) in [6.45, 7) is 2.21. The Balaban J connectivity index is 0.000000256. The van der Waals surface area contributed by atoms with Crippen LogP contribution in [-0.2, 0) is 22.4 Å². The predicted molar refractivity (Wildman–Crippen MR) is 111 cm³/mol. The standard InChI is InChI=1S/C10H14N2OS.C8H9NO2.C2HF3O2/c1-2-6-3-4-8-7(5-6)12-10(14-8)9(11)13;9-7(8(10)11)6-4-2-1-3-5-6;3-2(4,5)1(6)7/h6H,2-5H2,1H3,(H2,11,13);1-5,7H,9H2,(H,10,11);(H,6,7)/t;7-;/m.0./s1. The largest absolute Gasteiger partial charge is 0.490 e. The first-order valence-corrected chi connectivity index (χ1v) is 10.3. The molecule has 0 aliphatic heterocycles. The van der Waals surface area contributed by atoms with E-state index in [-0.39, 0.29) is 0 Å². The summed E-state index contributed by atoms with van der Waals surface area (Å²) in [5.41, 5.74) is 12.3. The molecule has 6 N–H and O–H groups in total. The van der Waals surface area contributed by atoms with E-state index >= 15 is 0 Å². The molecule has 0 saturated heterocycles. The van der Waals surface area contributed by atoms with Crippen LogP contribution in [-0.4, -0.2) is 39.2 Å². The highest BCUT2D eigenvalue weighted by atomic mass is 32.1. The molecule has 0 radical (unpaired) electrons. The van der Waals surface area contributed by atoms with E-state index in [9.17, 15) is 22.8 Å². The van der Waals surface area contributed by atoms with Crippen LogP contribution in [0.5, 0.6) is 0 Å². The molecule has 12 heteroatoms. The molecule has 0 fully saturated rings. The number of hydrogen-bond acceptors (Lipinski definition) is 6. The number of rotatable bonds is 4. The molecule has 8 nitrogen and oxygen atoms in total. The van der Waals surface area contributed by atoms with Crippen molar-refractivity contribution >= 4 is 29.2 Å². The molecule has 1 amide bonds. The Labute approximate surface area is 186 Å². The maximum atomic E-state index is 10.9. The summed E-state index contributed by atoms with van der Waals surface area (Å²) < 4.78 is 31.7. The van der Waals surface area contributed by atoms with E-state index < -0.39 is 30.1 Å². The SMILES string of the molecule is CCC1CCc2sc(C(N)=O)nc2C1.N[C@H](C(=O)O)c1ccccc1.O=C(O)C(F)(F)F.